The average molecular weight is 338 g/mol. The fraction of sp³-hybridized carbons (Fsp3) is 0.533. The molecule has 0 radical (unpaired) electrons. The molecule has 0 saturated carbocycles. The van der Waals surface area contributed by atoms with Crippen LogP contribution in [0.15, 0.2) is 22.7 Å². The van der Waals surface area contributed by atoms with Crippen molar-refractivity contribution in [1.29, 1.82) is 0 Å². The first kappa shape index (κ1) is 13.9. The summed E-state index contributed by atoms with van der Waals surface area (Å²) in [7, 11) is 0. The predicted octanol–water partition coefficient (Wildman–Crippen LogP) is 2.25. The normalized spacial score (nSPS) is 21.4. The molecule has 2 aliphatic heterocycles. The molecule has 0 aliphatic carbocycles. The van der Waals surface area contributed by atoms with Crippen molar-refractivity contribution in [2.75, 3.05) is 31.9 Å². The van der Waals surface area contributed by atoms with Gasteiger partial charge in [-0.3, -0.25) is 4.79 Å². The maximum atomic E-state index is 12.6. The van der Waals surface area contributed by atoms with Crippen LogP contribution in [0.5, 0.6) is 0 Å². The van der Waals surface area contributed by atoms with Gasteiger partial charge in [0.1, 0.15) is 0 Å². The van der Waals surface area contributed by atoms with Crippen LogP contribution in [0.2, 0.25) is 0 Å². The Bertz CT molecular complexity index is 516. The summed E-state index contributed by atoms with van der Waals surface area (Å²) >= 11 is 3.37. The highest BCUT2D eigenvalue weighted by Gasteiger charge is 2.38. The molecule has 2 heterocycles. The Kier molecular flexibility index (Phi) is 3.73. The van der Waals surface area contributed by atoms with E-state index in [0.29, 0.717) is 16.7 Å². The third-order valence-corrected chi connectivity index (χ3v) is 5.18. The Morgan fingerprint density at radius 1 is 1.30 bits per heavy atom. The second-order valence-electron chi connectivity index (χ2n) is 5.95. The van der Waals surface area contributed by atoms with Crippen LogP contribution in [0.1, 0.15) is 29.6 Å². The van der Waals surface area contributed by atoms with Gasteiger partial charge < -0.3 is 16.0 Å². The Balaban J connectivity index is 1.69. The van der Waals surface area contributed by atoms with Crippen molar-refractivity contribution in [3.8, 4) is 0 Å². The standard InChI is InChI=1S/C15H20BrN3O/c16-11-1-2-12(13(17)9-11)14(20)19-7-4-15(5-8-19)3-6-18-10-15/h1-2,9,18H,3-8,10,17H2. The Labute approximate surface area is 127 Å². The van der Waals surface area contributed by atoms with Crippen LogP contribution in [0.4, 0.5) is 5.69 Å². The van der Waals surface area contributed by atoms with E-state index in [2.05, 4.69) is 21.2 Å². The van der Waals surface area contributed by atoms with Gasteiger partial charge in [-0.2, -0.15) is 0 Å². The number of amides is 1. The summed E-state index contributed by atoms with van der Waals surface area (Å²) in [5.41, 5.74) is 7.56. The van der Waals surface area contributed by atoms with Crippen LogP contribution in [0.3, 0.4) is 0 Å². The molecule has 2 fully saturated rings. The third kappa shape index (κ3) is 2.56. The van der Waals surface area contributed by atoms with Crippen LogP contribution < -0.4 is 11.1 Å². The molecule has 1 aromatic rings. The number of likely N-dealkylation sites (tertiary alicyclic amines) is 1. The van der Waals surface area contributed by atoms with Crippen molar-refractivity contribution >= 4 is 27.5 Å². The van der Waals surface area contributed by atoms with E-state index in [0.717, 1.165) is 43.5 Å². The molecular weight excluding hydrogens is 318 g/mol. The number of piperidine rings is 1. The van der Waals surface area contributed by atoms with Crippen molar-refractivity contribution in [3.05, 3.63) is 28.2 Å². The van der Waals surface area contributed by atoms with Gasteiger partial charge in [-0.05, 0) is 49.4 Å². The van der Waals surface area contributed by atoms with Gasteiger partial charge in [-0.15, -0.1) is 0 Å². The quantitative estimate of drug-likeness (QED) is 0.772. The van der Waals surface area contributed by atoms with Crippen molar-refractivity contribution in [3.63, 3.8) is 0 Å². The number of halogens is 1. The highest BCUT2D eigenvalue weighted by atomic mass is 79.9. The number of nitrogens with zero attached hydrogens (tertiary/aromatic N) is 1. The largest absolute Gasteiger partial charge is 0.398 e. The fourth-order valence-corrected chi connectivity index (χ4v) is 3.68. The highest BCUT2D eigenvalue weighted by molar-refractivity contribution is 9.10. The average Bonchev–Trinajstić information content (AvgIpc) is 2.87. The van der Waals surface area contributed by atoms with Gasteiger partial charge in [0.25, 0.3) is 5.91 Å². The number of carbonyl (C=O) groups excluding carboxylic acids is 1. The van der Waals surface area contributed by atoms with Crippen molar-refractivity contribution < 1.29 is 4.79 Å². The number of hydrogen-bond acceptors (Lipinski definition) is 3. The molecule has 0 aromatic heterocycles. The second-order valence-corrected chi connectivity index (χ2v) is 6.87. The molecule has 3 rings (SSSR count). The van der Waals surface area contributed by atoms with Gasteiger partial charge in [-0.1, -0.05) is 15.9 Å². The summed E-state index contributed by atoms with van der Waals surface area (Å²) in [6, 6.07) is 5.47. The lowest BCUT2D eigenvalue weighted by atomic mass is 9.78. The van der Waals surface area contributed by atoms with Crippen LogP contribution in [0.25, 0.3) is 0 Å². The Morgan fingerprint density at radius 3 is 2.65 bits per heavy atom. The van der Waals surface area contributed by atoms with E-state index in [1.165, 1.54) is 6.42 Å². The molecule has 1 amide bonds. The van der Waals surface area contributed by atoms with Gasteiger partial charge in [0.05, 0.1) is 5.56 Å². The summed E-state index contributed by atoms with van der Waals surface area (Å²) < 4.78 is 0.904. The van der Waals surface area contributed by atoms with E-state index in [1.54, 1.807) is 6.07 Å². The molecule has 2 saturated heterocycles. The Morgan fingerprint density at radius 2 is 2.05 bits per heavy atom. The number of benzene rings is 1. The zero-order chi connectivity index (χ0) is 14.2. The fourth-order valence-electron chi connectivity index (χ4n) is 3.31. The second kappa shape index (κ2) is 5.37. The van der Waals surface area contributed by atoms with E-state index in [1.807, 2.05) is 17.0 Å². The van der Waals surface area contributed by atoms with Gasteiger partial charge in [-0.25, -0.2) is 0 Å². The summed E-state index contributed by atoms with van der Waals surface area (Å²) in [5.74, 6) is 0.0656. The molecule has 20 heavy (non-hydrogen) atoms. The highest BCUT2D eigenvalue weighted by Crippen LogP contribution is 2.37. The summed E-state index contributed by atoms with van der Waals surface area (Å²) in [4.78, 5) is 14.5. The number of nitrogens with two attached hydrogens (primary N) is 1. The molecule has 0 bridgehead atoms. The summed E-state index contributed by atoms with van der Waals surface area (Å²) in [6.45, 7) is 3.91. The van der Waals surface area contributed by atoms with E-state index >= 15 is 0 Å². The maximum Gasteiger partial charge on any atom is 0.255 e. The molecule has 1 aromatic carbocycles. The number of carbonyl (C=O) groups is 1. The van der Waals surface area contributed by atoms with Gasteiger partial charge >= 0.3 is 0 Å². The van der Waals surface area contributed by atoms with Crippen LogP contribution in [-0.4, -0.2) is 37.0 Å². The molecule has 0 unspecified atom stereocenters. The first-order valence-corrected chi connectivity index (χ1v) is 7.94. The van der Waals surface area contributed by atoms with Crippen LogP contribution in [-0.2, 0) is 0 Å². The van der Waals surface area contributed by atoms with Crippen molar-refractivity contribution in [2.24, 2.45) is 5.41 Å². The molecule has 3 N–H and O–H groups in total. The lowest BCUT2D eigenvalue weighted by Gasteiger charge is -2.39. The topological polar surface area (TPSA) is 58.4 Å². The molecule has 1 spiro atoms. The van der Waals surface area contributed by atoms with Crippen molar-refractivity contribution in [2.45, 2.75) is 19.3 Å². The first-order chi connectivity index (χ1) is 9.60. The van der Waals surface area contributed by atoms with E-state index in [9.17, 15) is 4.79 Å². The van der Waals surface area contributed by atoms with Crippen LogP contribution in [0, 0.1) is 5.41 Å². The summed E-state index contributed by atoms with van der Waals surface area (Å²) in [5, 5.41) is 3.45. The third-order valence-electron chi connectivity index (χ3n) is 4.69. The zero-order valence-corrected chi connectivity index (χ0v) is 13.1. The smallest absolute Gasteiger partial charge is 0.255 e. The SMILES string of the molecule is Nc1cc(Br)ccc1C(=O)N1CCC2(CCNC2)CC1. The minimum absolute atomic E-state index is 0.0656. The van der Waals surface area contributed by atoms with Crippen molar-refractivity contribution in [1.82, 2.24) is 10.2 Å². The van der Waals surface area contributed by atoms with Gasteiger partial charge in [0.15, 0.2) is 0 Å². The maximum absolute atomic E-state index is 12.6. The number of rotatable bonds is 1. The minimum atomic E-state index is 0.0656. The first-order valence-electron chi connectivity index (χ1n) is 7.15. The number of anilines is 1. The molecule has 4 nitrogen and oxygen atoms in total. The predicted molar refractivity (Wildman–Crippen MR) is 83.6 cm³/mol. The van der Waals surface area contributed by atoms with Gasteiger partial charge in [0, 0.05) is 29.8 Å². The van der Waals surface area contributed by atoms with Crippen LogP contribution >= 0.6 is 15.9 Å². The Hall–Kier alpha value is -1.07. The summed E-state index contributed by atoms with van der Waals surface area (Å²) in [6.07, 6.45) is 3.44. The number of nitrogen functional groups attached to an aromatic ring is 1. The van der Waals surface area contributed by atoms with E-state index in [4.69, 9.17) is 5.73 Å². The number of hydrogen-bond donors (Lipinski definition) is 2. The lowest BCUT2D eigenvalue weighted by molar-refractivity contribution is 0.0609. The molecule has 108 valence electrons. The number of nitrogens with one attached hydrogen (secondary N) is 1. The molecule has 5 heteroatoms. The zero-order valence-electron chi connectivity index (χ0n) is 11.5. The molecular formula is C15H20BrN3O. The lowest BCUT2D eigenvalue weighted by Crippen LogP contribution is -2.44. The van der Waals surface area contributed by atoms with Gasteiger partial charge in [0.2, 0.25) is 0 Å². The monoisotopic (exact) mass is 337 g/mol. The van der Waals surface area contributed by atoms with E-state index < -0.39 is 0 Å². The molecule has 0 atom stereocenters. The molecule has 2 aliphatic rings. The van der Waals surface area contributed by atoms with E-state index in [-0.39, 0.29) is 5.91 Å². The minimum Gasteiger partial charge on any atom is -0.398 e.